The first kappa shape index (κ1) is 31.6. The zero-order valence-corrected chi connectivity index (χ0v) is 24.6. The highest BCUT2D eigenvalue weighted by molar-refractivity contribution is 7.92. The largest absolute Gasteiger partial charge is 0.495 e. The zero-order valence-electron chi connectivity index (χ0n) is 23.8. The van der Waals surface area contributed by atoms with E-state index in [2.05, 4.69) is 5.32 Å². The fourth-order valence-electron chi connectivity index (χ4n) is 4.52. The van der Waals surface area contributed by atoms with Crippen LogP contribution in [0.1, 0.15) is 37.3 Å². The predicted octanol–water partition coefficient (Wildman–Crippen LogP) is 4.55. The lowest BCUT2D eigenvalue weighted by Crippen LogP contribution is -2.50. The van der Waals surface area contributed by atoms with Gasteiger partial charge in [0.1, 0.15) is 17.6 Å². The Morgan fingerprint density at radius 3 is 2.24 bits per heavy atom. The molecule has 0 saturated carbocycles. The predicted molar refractivity (Wildman–Crippen MR) is 159 cm³/mol. The molecule has 0 saturated heterocycles. The molecule has 1 atom stereocenters. The highest BCUT2D eigenvalue weighted by atomic mass is 32.2. The molecule has 0 bridgehead atoms. The molecular weight excluding hydrogens is 545 g/mol. The number of rotatable bonds is 15. The SMILES string of the molecule is CCCNC(=O)C(Cc1ccccc1)N(Cc1ccc(F)cc1)C(=O)CCCN(c1ccccc1OC)S(C)(=O)=O. The number of para-hydroxylation sites is 2. The molecule has 0 aliphatic carbocycles. The van der Waals surface area contributed by atoms with Crippen molar-refractivity contribution in [3.63, 3.8) is 0 Å². The second-order valence-electron chi connectivity index (χ2n) is 9.76. The van der Waals surface area contributed by atoms with E-state index in [-0.39, 0.29) is 37.7 Å². The van der Waals surface area contributed by atoms with Gasteiger partial charge in [0, 0.05) is 32.5 Å². The van der Waals surface area contributed by atoms with Gasteiger partial charge >= 0.3 is 0 Å². The normalized spacial score (nSPS) is 11.9. The van der Waals surface area contributed by atoms with Crippen molar-refractivity contribution in [2.75, 3.05) is 30.8 Å². The maximum atomic E-state index is 13.8. The minimum atomic E-state index is -3.67. The second-order valence-corrected chi connectivity index (χ2v) is 11.7. The molecule has 41 heavy (non-hydrogen) atoms. The molecular formula is C31H38FN3O5S. The molecule has 10 heteroatoms. The molecule has 3 aromatic carbocycles. The molecule has 8 nitrogen and oxygen atoms in total. The summed E-state index contributed by atoms with van der Waals surface area (Å²) in [5, 5.41) is 2.92. The quantitative estimate of drug-likeness (QED) is 0.283. The molecule has 3 aromatic rings. The Morgan fingerprint density at radius 1 is 0.951 bits per heavy atom. The van der Waals surface area contributed by atoms with Crippen molar-refractivity contribution in [1.82, 2.24) is 10.2 Å². The fraction of sp³-hybridized carbons (Fsp3) is 0.355. The first-order valence-electron chi connectivity index (χ1n) is 13.6. The van der Waals surface area contributed by atoms with Gasteiger partial charge in [0.15, 0.2) is 0 Å². The molecule has 0 spiro atoms. The van der Waals surface area contributed by atoms with Crippen molar-refractivity contribution in [2.45, 2.75) is 45.2 Å². The van der Waals surface area contributed by atoms with Crippen molar-refractivity contribution < 1.29 is 27.1 Å². The summed E-state index contributed by atoms with van der Waals surface area (Å²) < 4.78 is 45.5. The van der Waals surface area contributed by atoms with Gasteiger partial charge in [-0.15, -0.1) is 0 Å². The number of anilines is 1. The van der Waals surface area contributed by atoms with Gasteiger partial charge in [0.2, 0.25) is 21.8 Å². The topological polar surface area (TPSA) is 96.0 Å². The standard InChI is InChI=1S/C31H38FN3O5S/c1-4-20-33-31(37)28(22-24-11-6-5-7-12-24)34(23-25-16-18-26(32)19-17-25)30(36)15-10-21-35(41(3,38)39)27-13-8-9-14-29(27)40-2/h5-9,11-14,16-19,28H,4,10,15,20-23H2,1-3H3,(H,33,37). The van der Waals surface area contributed by atoms with Gasteiger partial charge in [0.25, 0.3) is 0 Å². The molecule has 1 N–H and O–H groups in total. The van der Waals surface area contributed by atoms with Gasteiger partial charge < -0.3 is 15.0 Å². The van der Waals surface area contributed by atoms with Crippen molar-refractivity contribution in [2.24, 2.45) is 0 Å². The van der Waals surface area contributed by atoms with E-state index in [9.17, 15) is 22.4 Å². The Labute approximate surface area is 242 Å². The number of nitrogens with one attached hydrogen (secondary N) is 1. The Balaban J connectivity index is 1.88. The number of hydrogen-bond donors (Lipinski definition) is 1. The maximum Gasteiger partial charge on any atom is 0.243 e. The molecule has 0 heterocycles. The molecule has 0 aliphatic heterocycles. The van der Waals surface area contributed by atoms with E-state index in [1.165, 1.54) is 28.4 Å². The highest BCUT2D eigenvalue weighted by Crippen LogP contribution is 2.30. The number of amides is 2. The zero-order chi connectivity index (χ0) is 29.8. The molecule has 1 unspecified atom stereocenters. The smallest absolute Gasteiger partial charge is 0.243 e. The van der Waals surface area contributed by atoms with E-state index in [0.717, 1.165) is 18.2 Å². The van der Waals surface area contributed by atoms with Crippen LogP contribution in [0.4, 0.5) is 10.1 Å². The van der Waals surface area contributed by atoms with Crippen LogP contribution in [-0.4, -0.2) is 57.6 Å². The fourth-order valence-corrected chi connectivity index (χ4v) is 5.49. The lowest BCUT2D eigenvalue weighted by atomic mass is 10.0. The molecule has 2 amide bonds. The molecule has 0 radical (unpaired) electrons. The lowest BCUT2D eigenvalue weighted by Gasteiger charge is -2.32. The molecule has 220 valence electrons. The maximum absolute atomic E-state index is 13.8. The van der Waals surface area contributed by atoms with Gasteiger partial charge in [-0.05, 0) is 48.2 Å². The number of ether oxygens (including phenoxy) is 1. The Bertz CT molecular complexity index is 1380. The summed E-state index contributed by atoms with van der Waals surface area (Å²) in [5.74, 6) is -0.587. The minimum absolute atomic E-state index is 0.00525. The van der Waals surface area contributed by atoms with E-state index >= 15 is 0 Å². The summed E-state index contributed by atoms with van der Waals surface area (Å²) in [4.78, 5) is 28.7. The van der Waals surface area contributed by atoms with Gasteiger partial charge in [0.05, 0.1) is 19.1 Å². The number of sulfonamides is 1. The number of halogens is 1. The van der Waals surface area contributed by atoms with Crippen LogP contribution in [0, 0.1) is 5.82 Å². The number of benzene rings is 3. The van der Waals surface area contributed by atoms with Gasteiger partial charge in [-0.1, -0.05) is 61.5 Å². The number of carbonyl (C=O) groups excluding carboxylic acids is 2. The van der Waals surface area contributed by atoms with Crippen LogP contribution in [0.3, 0.4) is 0 Å². The van der Waals surface area contributed by atoms with E-state index in [4.69, 9.17) is 4.74 Å². The van der Waals surface area contributed by atoms with Crippen LogP contribution in [0.15, 0.2) is 78.9 Å². The number of nitrogens with zero attached hydrogens (tertiary/aromatic N) is 2. The van der Waals surface area contributed by atoms with Crippen molar-refractivity contribution in [3.8, 4) is 5.75 Å². The van der Waals surface area contributed by atoms with E-state index in [1.54, 1.807) is 36.4 Å². The van der Waals surface area contributed by atoms with E-state index < -0.39 is 21.9 Å². The molecule has 0 aliphatic rings. The molecule has 0 fully saturated rings. The van der Waals surface area contributed by atoms with Gasteiger partial charge in [-0.2, -0.15) is 0 Å². The highest BCUT2D eigenvalue weighted by Gasteiger charge is 2.30. The number of carbonyl (C=O) groups is 2. The van der Waals surface area contributed by atoms with Crippen LogP contribution in [-0.2, 0) is 32.6 Å². The average Bonchev–Trinajstić information content (AvgIpc) is 2.96. The van der Waals surface area contributed by atoms with Crippen molar-refractivity contribution >= 4 is 27.5 Å². The Hall–Kier alpha value is -3.92. The third-order valence-corrected chi connectivity index (χ3v) is 7.77. The monoisotopic (exact) mass is 583 g/mol. The second kappa shape index (κ2) is 15.2. The summed E-state index contributed by atoms with van der Waals surface area (Å²) in [6.07, 6.45) is 2.34. The third-order valence-electron chi connectivity index (χ3n) is 6.59. The first-order chi connectivity index (χ1) is 19.6. The molecule has 0 aromatic heterocycles. The number of hydrogen-bond acceptors (Lipinski definition) is 5. The number of methoxy groups -OCH3 is 1. The van der Waals surface area contributed by atoms with Gasteiger partial charge in [-0.25, -0.2) is 12.8 Å². The van der Waals surface area contributed by atoms with Crippen LogP contribution >= 0.6 is 0 Å². The Kier molecular flexibility index (Phi) is 11.7. The first-order valence-corrected chi connectivity index (χ1v) is 15.4. The lowest BCUT2D eigenvalue weighted by molar-refractivity contribution is -0.141. The van der Waals surface area contributed by atoms with E-state index in [1.807, 2.05) is 37.3 Å². The van der Waals surface area contributed by atoms with Gasteiger partial charge in [-0.3, -0.25) is 13.9 Å². The van der Waals surface area contributed by atoms with Crippen molar-refractivity contribution in [3.05, 3.63) is 95.8 Å². The third kappa shape index (κ3) is 9.31. The summed E-state index contributed by atoms with van der Waals surface area (Å²) in [7, 11) is -2.21. The van der Waals surface area contributed by atoms with Crippen LogP contribution in [0.2, 0.25) is 0 Å². The average molecular weight is 584 g/mol. The van der Waals surface area contributed by atoms with Crippen molar-refractivity contribution in [1.29, 1.82) is 0 Å². The minimum Gasteiger partial charge on any atom is -0.495 e. The summed E-state index contributed by atoms with van der Waals surface area (Å²) in [6, 6.07) is 21.2. The summed E-state index contributed by atoms with van der Waals surface area (Å²) in [5.41, 5.74) is 1.95. The molecule has 3 rings (SSSR count). The summed E-state index contributed by atoms with van der Waals surface area (Å²) >= 11 is 0. The van der Waals surface area contributed by atoms with Crippen LogP contribution in [0.5, 0.6) is 5.75 Å². The summed E-state index contributed by atoms with van der Waals surface area (Å²) in [6.45, 7) is 2.55. The van der Waals surface area contributed by atoms with Crippen LogP contribution < -0.4 is 14.4 Å². The van der Waals surface area contributed by atoms with E-state index in [0.29, 0.717) is 30.0 Å². The Morgan fingerprint density at radius 2 is 1.61 bits per heavy atom. The van der Waals surface area contributed by atoms with Crippen LogP contribution in [0.25, 0.3) is 0 Å².